The van der Waals surface area contributed by atoms with Crippen molar-refractivity contribution in [3.05, 3.63) is 73.0 Å². The minimum atomic E-state index is -4.50. The molecule has 4 heterocycles. The fraction of sp³-hybridized carbons (Fsp3) is 0.343. The summed E-state index contributed by atoms with van der Waals surface area (Å²) in [6, 6.07) is 11.3. The second-order valence-electron chi connectivity index (χ2n) is 12.3. The van der Waals surface area contributed by atoms with E-state index in [4.69, 9.17) is 19.4 Å². The molecule has 0 aliphatic carbocycles. The molecule has 51 heavy (non-hydrogen) atoms. The SMILES string of the molecule is C=CC(=O)N1CCN(c2nc(OC[C@@H]3CCCN3C)nc3ccc(-c4cnc(OC)c(NS(=O)(=O)c5ccc(F)cc5F)c4)cc23)C[C@@H]1CC#N. The number of pyridine rings is 1. The summed E-state index contributed by atoms with van der Waals surface area (Å²) in [5.41, 5.74) is 1.60. The molecule has 2 aromatic heterocycles. The van der Waals surface area contributed by atoms with Crippen molar-refractivity contribution in [1.29, 1.82) is 5.26 Å². The van der Waals surface area contributed by atoms with Crippen LogP contribution >= 0.6 is 0 Å². The van der Waals surface area contributed by atoms with Crippen molar-refractivity contribution < 1.29 is 31.5 Å². The van der Waals surface area contributed by atoms with Gasteiger partial charge in [-0.1, -0.05) is 12.6 Å². The molecule has 2 aromatic carbocycles. The molecule has 2 aliphatic heterocycles. The Morgan fingerprint density at radius 3 is 2.65 bits per heavy atom. The molecule has 4 aromatic rings. The molecule has 2 atom stereocenters. The maximum absolute atomic E-state index is 14.5. The molecule has 2 saturated heterocycles. The first-order valence-corrected chi connectivity index (χ1v) is 17.7. The van der Waals surface area contributed by atoms with Crippen LogP contribution in [-0.4, -0.2) is 98.1 Å². The third-order valence-electron chi connectivity index (χ3n) is 9.10. The molecule has 0 spiro atoms. The van der Waals surface area contributed by atoms with Crippen LogP contribution in [0, 0.1) is 23.0 Å². The summed E-state index contributed by atoms with van der Waals surface area (Å²) < 4.78 is 68.0. The third kappa shape index (κ3) is 7.54. The molecule has 266 valence electrons. The van der Waals surface area contributed by atoms with E-state index in [-0.39, 0.29) is 35.9 Å². The molecule has 0 bridgehead atoms. The van der Waals surface area contributed by atoms with Crippen molar-refractivity contribution >= 4 is 38.3 Å². The number of ether oxygens (including phenoxy) is 2. The monoisotopic (exact) mass is 718 g/mol. The van der Waals surface area contributed by atoms with Crippen LogP contribution in [0.5, 0.6) is 11.9 Å². The van der Waals surface area contributed by atoms with E-state index in [1.165, 1.54) is 25.4 Å². The first-order valence-electron chi connectivity index (χ1n) is 16.2. The van der Waals surface area contributed by atoms with Crippen LogP contribution in [0.1, 0.15) is 19.3 Å². The minimum absolute atomic E-state index is 0.0696. The number of anilines is 2. The Morgan fingerprint density at radius 2 is 1.94 bits per heavy atom. The lowest BCUT2D eigenvalue weighted by atomic mass is 10.0. The van der Waals surface area contributed by atoms with Crippen LogP contribution < -0.4 is 19.1 Å². The van der Waals surface area contributed by atoms with Gasteiger partial charge in [0.1, 0.15) is 34.6 Å². The Morgan fingerprint density at radius 1 is 1.12 bits per heavy atom. The molecular weight excluding hydrogens is 682 g/mol. The lowest BCUT2D eigenvalue weighted by molar-refractivity contribution is -0.128. The highest BCUT2D eigenvalue weighted by atomic mass is 32.2. The summed E-state index contributed by atoms with van der Waals surface area (Å²) in [6.45, 7) is 6.08. The Balaban J connectivity index is 1.39. The van der Waals surface area contributed by atoms with Gasteiger partial charge in [0.05, 0.1) is 31.2 Å². The Kier molecular flexibility index (Phi) is 10.3. The highest BCUT2D eigenvalue weighted by Gasteiger charge is 2.32. The largest absolute Gasteiger partial charge is 0.480 e. The molecule has 1 N–H and O–H groups in total. The molecule has 1 amide bonds. The maximum Gasteiger partial charge on any atom is 0.319 e. The molecule has 6 rings (SSSR count). The quantitative estimate of drug-likeness (QED) is 0.220. The zero-order valence-electron chi connectivity index (χ0n) is 28.1. The number of amides is 1. The van der Waals surface area contributed by atoms with Crippen molar-refractivity contribution in [1.82, 2.24) is 24.8 Å². The highest BCUT2D eigenvalue weighted by molar-refractivity contribution is 7.92. The molecule has 2 aliphatic rings. The summed E-state index contributed by atoms with van der Waals surface area (Å²) in [5, 5.41) is 10.2. The number of carbonyl (C=O) groups excluding carboxylic acids is 1. The number of hydrogen-bond acceptors (Lipinski definition) is 11. The number of likely N-dealkylation sites (tertiary alicyclic amines) is 1. The Hall–Kier alpha value is -5.40. The molecule has 0 radical (unpaired) electrons. The first kappa shape index (κ1) is 35.4. The number of nitriles is 1. The number of carbonyl (C=O) groups is 1. The molecule has 0 unspecified atom stereocenters. The number of nitrogens with zero attached hydrogens (tertiary/aromatic N) is 7. The number of sulfonamides is 1. The van der Waals surface area contributed by atoms with E-state index in [1.54, 1.807) is 17.0 Å². The van der Waals surface area contributed by atoms with E-state index >= 15 is 0 Å². The number of nitrogens with one attached hydrogen (secondary N) is 1. The molecule has 0 saturated carbocycles. The average molecular weight is 719 g/mol. The molecule has 13 nitrogen and oxygen atoms in total. The zero-order chi connectivity index (χ0) is 36.3. The predicted molar refractivity (Wildman–Crippen MR) is 186 cm³/mol. The first-order chi connectivity index (χ1) is 24.5. The summed E-state index contributed by atoms with van der Waals surface area (Å²) in [5.74, 6) is -1.95. The molecule has 2 fully saturated rings. The van der Waals surface area contributed by atoms with Crippen molar-refractivity contribution in [2.75, 3.05) is 56.6 Å². The normalized spacial score (nSPS) is 18.0. The van der Waals surface area contributed by atoms with E-state index in [2.05, 4.69) is 34.3 Å². The van der Waals surface area contributed by atoms with Gasteiger partial charge in [-0.3, -0.25) is 9.52 Å². The van der Waals surface area contributed by atoms with Crippen LogP contribution in [-0.2, 0) is 14.8 Å². The number of likely N-dealkylation sites (N-methyl/N-ethyl adjacent to an activating group) is 1. The summed E-state index contributed by atoms with van der Waals surface area (Å²) in [6.07, 6.45) is 4.93. The fourth-order valence-corrected chi connectivity index (χ4v) is 7.52. The smallest absolute Gasteiger partial charge is 0.319 e. The number of halogens is 2. The Bertz CT molecular complexity index is 2130. The van der Waals surface area contributed by atoms with E-state index in [0.717, 1.165) is 31.5 Å². The van der Waals surface area contributed by atoms with Crippen LogP contribution in [0.4, 0.5) is 20.3 Å². The van der Waals surface area contributed by atoms with E-state index in [1.807, 2.05) is 11.0 Å². The number of rotatable bonds is 11. The van der Waals surface area contributed by atoms with Crippen LogP contribution in [0.2, 0.25) is 0 Å². The number of benzene rings is 2. The van der Waals surface area contributed by atoms with Crippen molar-refractivity contribution in [3.8, 4) is 29.1 Å². The predicted octanol–water partition coefficient (Wildman–Crippen LogP) is 4.37. The van der Waals surface area contributed by atoms with Crippen LogP contribution in [0.25, 0.3) is 22.0 Å². The van der Waals surface area contributed by atoms with E-state index in [0.29, 0.717) is 60.2 Å². The van der Waals surface area contributed by atoms with Gasteiger partial charge >= 0.3 is 6.01 Å². The number of aromatic nitrogens is 3. The summed E-state index contributed by atoms with van der Waals surface area (Å²) in [4.78, 5) is 31.6. The molecule has 16 heteroatoms. The minimum Gasteiger partial charge on any atom is -0.480 e. The van der Waals surface area contributed by atoms with Gasteiger partial charge in [-0.05, 0) is 68.4 Å². The van der Waals surface area contributed by atoms with Crippen molar-refractivity contribution in [2.24, 2.45) is 0 Å². The number of fused-ring (bicyclic) bond motifs is 1. The Labute approximate surface area is 294 Å². The molecular formula is C35H36F2N8O5S. The van der Waals surface area contributed by atoms with Gasteiger partial charge in [-0.25, -0.2) is 22.2 Å². The standard InChI is InChI=1S/C35H36F2N8O5S/c1-4-32(46)45-15-14-44(20-25(45)11-12-38)33-27-16-22(7-9-29(27)40-35(41-33)50-21-26-6-5-13-43(26)2)23-17-30(34(49-3)39-19-23)42-51(47,48)31-10-8-24(36)18-28(31)37/h4,7-10,16-19,25-26,42H,1,5-6,11,13-15,20-21H2,2-3H3/t25-,26-/m0/s1. The van der Waals surface area contributed by atoms with E-state index < -0.39 is 32.6 Å². The second-order valence-corrected chi connectivity index (χ2v) is 14.0. The maximum atomic E-state index is 14.5. The zero-order valence-corrected chi connectivity index (χ0v) is 28.9. The van der Waals surface area contributed by atoms with Gasteiger partial charge < -0.3 is 24.2 Å². The van der Waals surface area contributed by atoms with E-state index in [9.17, 15) is 27.3 Å². The van der Waals surface area contributed by atoms with Crippen LogP contribution in [0.15, 0.2) is 66.2 Å². The third-order valence-corrected chi connectivity index (χ3v) is 10.5. The van der Waals surface area contributed by atoms with Gasteiger partial charge in [0.15, 0.2) is 0 Å². The summed E-state index contributed by atoms with van der Waals surface area (Å²) in [7, 11) is -1.14. The van der Waals surface area contributed by atoms with Gasteiger partial charge in [-0.2, -0.15) is 15.2 Å². The summed E-state index contributed by atoms with van der Waals surface area (Å²) >= 11 is 0. The fourth-order valence-electron chi connectivity index (χ4n) is 6.41. The lowest BCUT2D eigenvalue weighted by Crippen LogP contribution is -2.55. The number of methoxy groups -OCH3 is 1. The van der Waals surface area contributed by atoms with Gasteiger partial charge in [0.2, 0.25) is 11.8 Å². The average Bonchev–Trinajstić information content (AvgIpc) is 3.53. The van der Waals surface area contributed by atoms with Crippen LogP contribution in [0.3, 0.4) is 0 Å². The van der Waals surface area contributed by atoms with Gasteiger partial charge in [0.25, 0.3) is 10.0 Å². The highest BCUT2D eigenvalue weighted by Crippen LogP contribution is 2.35. The van der Waals surface area contributed by atoms with Crippen molar-refractivity contribution in [2.45, 2.75) is 36.2 Å². The lowest BCUT2D eigenvalue weighted by Gasteiger charge is -2.41. The van der Waals surface area contributed by atoms with Gasteiger partial charge in [0, 0.05) is 48.9 Å². The second kappa shape index (κ2) is 14.8. The number of piperazine rings is 1. The topological polar surface area (TPSA) is 154 Å². The number of hydrogen-bond donors (Lipinski definition) is 1. The van der Waals surface area contributed by atoms with Crippen molar-refractivity contribution in [3.63, 3.8) is 0 Å². The van der Waals surface area contributed by atoms with Gasteiger partial charge in [-0.15, -0.1) is 0 Å².